The van der Waals surface area contributed by atoms with Crippen LogP contribution in [0.15, 0.2) is 35.2 Å². The highest BCUT2D eigenvalue weighted by Gasteiger charge is 2.44. The number of nitrogens with zero attached hydrogens (tertiary/aromatic N) is 1. The summed E-state index contributed by atoms with van der Waals surface area (Å²) in [6.07, 6.45) is 4.20. The lowest BCUT2D eigenvalue weighted by Gasteiger charge is -2.43. The summed E-state index contributed by atoms with van der Waals surface area (Å²) in [5.41, 5.74) is 2.23. The summed E-state index contributed by atoms with van der Waals surface area (Å²) in [5, 5.41) is 0. The minimum absolute atomic E-state index is 0.0628. The summed E-state index contributed by atoms with van der Waals surface area (Å²) >= 11 is 0. The molecule has 0 saturated heterocycles. The fraction of sp³-hybridized carbons (Fsp3) is 0.500. The second-order valence-corrected chi connectivity index (χ2v) is 11.9. The molecule has 1 fully saturated rings. The van der Waals surface area contributed by atoms with E-state index in [0.717, 1.165) is 42.7 Å². The molecule has 0 unspecified atom stereocenters. The SMILES string of the molecule is O=C(CCS(=O)(=O)c1ccc2c(c1)OCCO2)N1Cc2cc3c(cc2C2(CCCC2)C1)OCCO3. The van der Waals surface area contributed by atoms with E-state index in [0.29, 0.717) is 51.0 Å². The van der Waals surface area contributed by atoms with Crippen molar-refractivity contribution < 1.29 is 32.2 Å². The van der Waals surface area contributed by atoms with E-state index in [1.54, 1.807) is 6.07 Å². The Balaban J connectivity index is 1.21. The molecule has 6 rings (SSSR count). The van der Waals surface area contributed by atoms with Gasteiger partial charge in [0.2, 0.25) is 5.91 Å². The standard InChI is InChI=1S/C26H29NO7S/c28-25(5-12-35(29,30)19-3-4-21-23(14-19)33-9-8-31-21)27-16-18-13-22-24(34-11-10-32-22)15-20(18)26(17-27)6-1-2-7-26/h3-4,13-15H,1-2,5-12,16-17H2. The lowest BCUT2D eigenvalue weighted by molar-refractivity contribution is -0.132. The Hall–Kier alpha value is -2.94. The second kappa shape index (κ2) is 8.62. The summed E-state index contributed by atoms with van der Waals surface area (Å²) in [6, 6.07) is 8.74. The van der Waals surface area contributed by atoms with E-state index in [1.165, 1.54) is 17.7 Å². The molecule has 2 aromatic carbocycles. The van der Waals surface area contributed by atoms with Gasteiger partial charge >= 0.3 is 0 Å². The maximum Gasteiger partial charge on any atom is 0.223 e. The molecule has 1 spiro atoms. The summed E-state index contributed by atoms with van der Waals surface area (Å²) < 4.78 is 48.7. The first-order valence-electron chi connectivity index (χ1n) is 12.3. The van der Waals surface area contributed by atoms with Gasteiger partial charge in [0.1, 0.15) is 26.4 Å². The summed E-state index contributed by atoms with van der Waals surface area (Å²) in [4.78, 5) is 15.3. The zero-order valence-corrected chi connectivity index (χ0v) is 20.4. The lowest BCUT2D eigenvalue weighted by atomic mass is 9.73. The van der Waals surface area contributed by atoms with Crippen LogP contribution < -0.4 is 18.9 Å². The molecule has 1 saturated carbocycles. The first kappa shape index (κ1) is 22.5. The number of carbonyl (C=O) groups excluding carboxylic acids is 1. The van der Waals surface area contributed by atoms with Crippen molar-refractivity contribution in [2.45, 2.75) is 49.0 Å². The highest BCUT2D eigenvalue weighted by atomic mass is 32.2. The van der Waals surface area contributed by atoms with Gasteiger partial charge in [0, 0.05) is 31.0 Å². The van der Waals surface area contributed by atoms with E-state index in [-0.39, 0.29) is 28.4 Å². The van der Waals surface area contributed by atoms with Gasteiger partial charge in [-0.05, 0) is 48.2 Å². The molecule has 1 amide bonds. The third-order valence-electron chi connectivity index (χ3n) is 7.56. The summed E-state index contributed by atoms with van der Waals surface area (Å²) in [5.74, 6) is 2.08. The molecule has 2 aromatic rings. The van der Waals surface area contributed by atoms with Crippen LogP contribution in [0.4, 0.5) is 0 Å². The van der Waals surface area contributed by atoms with E-state index < -0.39 is 9.84 Å². The second-order valence-electron chi connectivity index (χ2n) is 9.76. The van der Waals surface area contributed by atoms with Crippen molar-refractivity contribution in [1.82, 2.24) is 4.90 Å². The fourth-order valence-corrected chi connectivity index (χ4v) is 7.08. The van der Waals surface area contributed by atoms with Gasteiger partial charge in [-0.2, -0.15) is 0 Å². The number of fused-ring (bicyclic) bond motifs is 4. The van der Waals surface area contributed by atoms with E-state index in [9.17, 15) is 13.2 Å². The molecule has 0 radical (unpaired) electrons. The Labute approximate surface area is 205 Å². The predicted molar refractivity (Wildman–Crippen MR) is 127 cm³/mol. The molecule has 0 aromatic heterocycles. The van der Waals surface area contributed by atoms with Crippen LogP contribution in [0.5, 0.6) is 23.0 Å². The van der Waals surface area contributed by atoms with Crippen molar-refractivity contribution in [3.8, 4) is 23.0 Å². The smallest absolute Gasteiger partial charge is 0.223 e. The number of hydrogen-bond acceptors (Lipinski definition) is 7. The van der Waals surface area contributed by atoms with E-state index in [4.69, 9.17) is 18.9 Å². The Bertz CT molecular complexity index is 1270. The van der Waals surface area contributed by atoms with Gasteiger partial charge in [-0.25, -0.2) is 8.42 Å². The average molecular weight is 500 g/mol. The molecule has 186 valence electrons. The molecule has 8 nitrogen and oxygen atoms in total. The van der Waals surface area contributed by atoms with Crippen LogP contribution in [0.3, 0.4) is 0 Å². The van der Waals surface area contributed by atoms with E-state index >= 15 is 0 Å². The highest BCUT2D eigenvalue weighted by Crippen LogP contribution is 2.49. The van der Waals surface area contributed by atoms with Crippen molar-refractivity contribution >= 4 is 15.7 Å². The Morgan fingerprint density at radius 3 is 2.20 bits per heavy atom. The van der Waals surface area contributed by atoms with Crippen LogP contribution in [0.1, 0.15) is 43.2 Å². The summed E-state index contributed by atoms with van der Waals surface area (Å²) in [6.45, 7) is 2.95. The molecule has 0 bridgehead atoms. The fourth-order valence-electron chi connectivity index (χ4n) is 5.84. The number of amides is 1. The zero-order chi connectivity index (χ0) is 24.0. The van der Waals surface area contributed by atoms with E-state index in [1.807, 2.05) is 11.0 Å². The number of rotatable bonds is 4. The molecule has 4 aliphatic rings. The number of carbonyl (C=O) groups is 1. The summed E-state index contributed by atoms with van der Waals surface area (Å²) in [7, 11) is -3.65. The van der Waals surface area contributed by atoms with Gasteiger partial charge in [0.05, 0.1) is 10.6 Å². The zero-order valence-electron chi connectivity index (χ0n) is 19.6. The molecule has 0 N–H and O–H groups in total. The molecular formula is C26H29NO7S. The van der Waals surface area contributed by atoms with Crippen molar-refractivity contribution in [2.75, 3.05) is 38.7 Å². The van der Waals surface area contributed by atoms with Gasteiger partial charge in [-0.3, -0.25) is 4.79 Å². The van der Waals surface area contributed by atoms with Crippen LogP contribution >= 0.6 is 0 Å². The molecule has 0 atom stereocenters. The third-order valence-corrected chi connectivity index (χ3v) is 9.28. The Kier molecular flexibility index (Phi) is 5.55. The van der Waals surface area contributed by atoms with E-state index in [2.05, 4.69) is 6.07 Å². The molecule has 35 heavy (non-hydrogen) atoms. The van der Waals surface area contributed by atoms with Crippen molar-refractivity contribution in [1.29, 1.82) is 0 Å². The van der Waals surface area contributed by atoms with Crippen LogP contribution in [0, 0.1) is 0 Å². The topological polar surface area (TPSA) is 91.4 Å². The maximum atomic E-state index is 13.3. The van der Waals surface area contributed by atoms with Crippen LogP contribution in [-0.4, -0.2) is 58.0 Å². The molecule has 3 aliphatic heterocycles. The van der Waals surface area contributed by atoms with Gasteiger partial charge in [-0.1, -0.05) is 12.8 Å². The third kappa shape index (κ3) is 4.09. The average Bonchev–Trinajstić information content (AvgIpc) is 3.34. The van der Waals surface area contributed by atoms with Gasteiger partial charge in [0.15, 0.2) is 32.8 Å². The Morgan fingerprint density at radius 1 is 0.857 bits per heavy atom. The number of benzene rings is 2. The molecule has 1 aliphatic carbocycles. The maximum absolute atomic E-state index is 13.3. The van der Waals surface area contributed by atoms with Crippen molar-refractivity contribution in [3.05, 3.63) is 41.5 Å². The van der Waals surface area contributed by atoms with Gasteiger partial charge < -0.3 is 23.8 Å². The lowest BCUT2D eigenvalue weighted by Crippen LogP contribution is -2.47. The first-order chi connectivity index (χ1) is 16.9. The molecule has 3 heterocycles. The minimum Gasteiger partial charge on any atom is -0.486 e. The van der Waals surface area contributed by atoms with Crippen LogP contribution in [0.2, 0.25) is 0 Å². The van der Waals surface area contributed by atoms with Crippen LogP contribution in [-0.2, 0) is 26.6 Å². The highest BCUT2D eigenvalue weighted by molar-refractivity contribution is 7.91. The number of sulfone groups is 1. The van der Waals surface area contributed by atoms with Gasteiger partial charge in [0.25, 0.3) is 0 Å². The minimum atomic E-state index is -3.65. The first-order valence-corrected chi connectivity index (χ1v) is 13.9. The number of hydrogen-bond donors (Lipinski definition) is 0. The predicted octanol–water partition coefficient (Wildman–Crippen LogP) is 3.25. The quantitative estimate of drug-likeness (QED) is 0.638. The molecule has 9 heteroatoms. The Morgan fingerprint density at radius 2 is 1.49 bits per heavy atom. The monoisotopic (exact) mass is 499 g/mol. The van der Waals surface area contributed by atoms with Crippen molar-refractivity contribution in [3.63, 3.8) is 0 Å². The van der Waals surface area contributed by atoms with Gasteiger partial charge in [-0.15, -0.1) is 0 Å². The number of ether oxygens (including phenoxy) is 4. The molecular weight excluding hydrogens is 470 g/mol. The largest absolute Gasteiger partial charge is 0.486 e. The normalized spacial score (nSPS) is 19.9. The van der Waals surface area contributed by atoms with Crippen LogP contribution in [0.25, 0.3) is 0 Å². The van der Waals surface area contributed by atoms with Crippen molar-refractivity contribution in [2.24, 2.45) is 0 Å².